The smallest absolute Gasteiger partial charge is 0.252 e. The molecule has 0 aliphatic carbocycles. The first-order valence-corrected chi connectivity index (χ1v) is 6.16. The van der Waals surface area contributed by atoms with E-state index in [0.717, 1.165) is 12.1 Å². The minimum absolute atomic E-state index is 0.183. The molecule has 0 bridgehead atoms. The minimum Gasteiger partial charge on any atom is -0.381 e. The van der Waals surface area contributed by atoms with Gasteiger partial charge < -0.3 is 16.0 Å². The Hall–Kier alpha value is -2.18. The molecule has 0 heterocycles. The van der Waals surface area contributed by atoms with Gasteiger partial charge in [0.1, 0.15) is 23.4 Å². The lowest BCUT2D eigenvalue weighted by molar-refractivity contribution is -0.122. The normalized spacial score (nSPS) is 11.7. The summed E-state index contributed by atoms with van der Waals surface area (Å²) in [6.45, 7) is 3.52. The van der Waals surface area contributed by atoms with E-state index in [1.54, 1.807) is 6.92 Å². The highest BCUT2D eigenvalue weighted by Gasteiger charge is 2.18. The van der Waals surface area contributed by atoms with E-state index in [-0.39, 0.29) is 11.3 Å². The van der Waals surface area contributed by atoms with Gasteiger partial charge in [-0.2, -0.15) is 0 Å². The Kier molecular flexibility index (Phi) is 5.42. The second kappa shape index (κ2) is 6.83. The van der Waals surface area contributed by atoms with E-state index in [0.29, 0.717) is 6.54 Å². The van der Waals surface area contributed by atoms with Crippen molar-refractivity contribution in [2.24, 2.45) is 0 Å². The van der Waals surface area contributed by atoms with Crippen LogP contribution < -0.4 is 16.0 Å². The Balaban J connectivity index is 2.92. The van der Waals surface area contributed by atoms with Crippen LogP contribution in [0.1, 0.15) is 24.2 Å². The van der Waals surface area contributed by atoms with Crippen LogP contribution in [0.3, 0.4) is 0 Å². The number of hydrogen-bond donors (Lipinski definition) is 3. The number of benzene rings is 1. The van der Waals surface area contributed by atoms with E-state index in [4.69, 9.17) is 0 Å². The van der Waals surface area contributed by atoms with Gasteiger partial charge in [0.15, 0.2) is 0 Å². The second-order valence-corrected chi connectivity index (χ2v) is 4.15. The zero-order valence-electron chi connectivity index (χ0n) is 11.5. The van der Waals surface area contributed by atoms with Gasteiger partial charge in [0, 0.05) is 19.2 Å². The number of hydrogen-bond acceptors (Lipinski definition) is 3. The van der Waals surface area contributed by atoms with Crippen LogP contribution >= 0.6 is 0 Å². The molecule has 1 atom stereocenters. The predicted octanol–water partition coefficient (Wildman–Crippen LogP) is 1.26. The molecule has 1 unspecified atom stereocenters. The summed E-state index contributed by atoms with van der Waals surface area (Å²) in [6, 6.07) is 1.05. The van der Waals surface area contributed by atoms with Crippen LogP contribution in [0.25, 0.3) is 0 Å². The van der Waals surface area contributed by atoms with Gasteiger partial charge in [0.25, 0.3) is 5.91 Å². The molecule has 0 aliphatic rings. The first kappa shape index (κ1) is 15.9. The molecule has 0 saturated carbocycles. The van der Waals surface area contributed by atoms with Gasteiger partial charge in [-0.05, 0) is 26.0 Å². The zero-order valence-corrected chi connectivity index (χ0v) is 11.5. The van der Waals surface area contributed by atoms with Gasteiger partial charge >= 0.3 is 0 Å². The Morgan fingerprint density at radius 2 is 1.80 bits per heavy atom. The molecule has 1 aromatic carbocycles. The highest BCUT2D eigenvalue weighted by atomic mass is 19.1. The third-order valence-electron chi connectivity index (χ3n) is 2.65. The van der Waals surface area contributed by atoms with Crippen LogP contribution in [0.4, 0.5) is 14.5 Å². The maximum absolute atomic E-state index is 13.7. The van der Waals surface area contributed by atoms with Crippen LogP contribution in [0.5, 0.6) is 0 Å². The van der Waals surface area contributed by atoms with Crippen LogP contribution in [0, 0.1) is 11.6 Å². The van der Waals surface area contributed by atoms with E-state index < -0.39 is 29.5 Å². The lowest BCUT2D eigenvalue weighted by Gasteiger charge is -2.13. The molecule has 5 nitrogen and oxygen atoms in total. The molecule has 1 aromatic rings. The summed E-state index contributed by atoms with van der Waals surface area (Å²) in [7, 11) is 1.43. The second-order valence-electron chi connectivity index (χ2n) is 4.15. The fourth-order valence-corrected chi connectivity index (χ4v) is 1.61. The quantitative estimate of drug-likeness (QED) is 0.763. The minimum atomic E-state index is -0.857. The van der Waals surface area contributed by atoms with Gasteiger partial charge in [0.2, 0.25) is 5.91 Å². The van der Waals surface area contributed by atoms with E-state index in [1.807, 2.05) is 0 Å². The SMILES string of the molecule is CCNc1c(F)cc(C(=O)NC(C)C(=O)NC)cc1F. The highest BCUT2D eigenvalue weighted by molar-refractivity contribution is 5.97. The van der Waals surface area contributed by atoms with Crippen molar-refractivity contribution in [2.75, 3.05) is 18.9 Å². The van der Waals surface area contributed by atoms with Crippen molar-refractivity contribution in [3.63, 3.8) is 0 Å². The summed E-state index contributed by atoms with van der Waals surface area (Å²) in [6.07, 6.45) is 0. The monoisotopic (exact) mass is 285 g/mol. The van der Waals surface area contributed by atoms with Gasteiger partial charge in [-0.15, -0.1) is 0 Å². The van der Waals surface area contributed by atoms with Crippen LogP contribution in [0.15, 0.2) is 12.1 Å². The number of carbonyl (C=O) groups excluding carboxylic acids is 2. The van der Waals surface area contributed by atoms with Crippen molar-refractivity contribution in [1.29, 1.82) is 0 Å². The summed E-state index contributed by atoms with van der Waals surface area (Å²) in [5, 5.41) is 7.24. The number of halogens is 2. The lowest BCUT2D eigenvalue weighted by atomic mass is 10.1. The molecule has 0 saturated heterocycles. The average Bonchev–Trinajstić information content (AvgIpc) is 2.41. The summed E-state index contributed by atoms with van der Waals surface area (Å²) < 4.78 is 27.3. The van der Waals surface area contributed by atoms with Gasteiger partial charge in [0.05, 0.1) is 0 Å². The maximum Gasteiger partial charge on any atom is 0.252 e. The Labute approximate surface area is 115 Å². The lowest BCUT2D eigenvalue weighted by Crippen LogP contribution is -2.43. The molecule has 2 amide bonds. The summed E-state index contributed by atoms with van der Waals surface area (Å²) in [5.41, 5.74) is -0.458. The molecule has 1 rings (SSSR count). The topological polar surface area (TPSA) is 70.2 Å². The molecule has 0 fully saturated rings. The molecule has 3 N–H and O–H groups in total. The molecule has 0 radical (unpaired) electrons. The van der Waals surface area contributed by atoms with E-state index in [2.05, 4.69) is 16.0 Å². The highest BCUT2D eigenvalue weighted by Crippen LogP contribution is 2.20. The first-order chi connectivity index (χ1) is 9.40. The summed E-state index contributed by atoms with van der Waals surface area (Å²) >= 11 is 0. The molecular weight excluding hydrogens is 268 g/mol. The van der Waals surface area contributed by atoms with Crippen LogP contribution in [-0.4, -0.2) is 31.4 Å². The number of nitrogens with one attached hydrogen (secondary N) is 3. The Morgan fingerprint density at radius 3 is 2.25 bits per heavy atom. The zero-order chi connectivity index (χ0) is 15.3. The first-order valence-electron chi connectivity index (χ1n) is 6.16. The standard InChI is InChI=1S/C13H17F2N3O2/c1-4-17-11-9(14)5-8(6-10(11)15)13(20)18-7(2)12(19)16-3/h5-7,17H,4H2,1-3H3,(H,16,19)(H,18,20). The molecule has 0 aliphatic heterocycles. The largest absolute Gasteiger partial charge is 0.381 e. The van der Waals surface area contributed by atoms with Crippen molar-refractivity contribution >= 4 is 17.5 Å². The molecule has 0 spiro atoms. The average molecular weight is 285 g/mol. The van der Waals surface area contributed by atoms with E-state index >= 15 is 0 Å². The fraction of sp³-hybridized carbons (Fsp3) is 0.385. The molecule has 7 heteroatoms. The maximum atomic E-state index is 13.7. The molecule has 20 heavy (non-hydrogen) atoms. The third kappa shape index (κ3) is 3.66. The number of likely N-dealkylation sites (N-methyl/N-ethyl adjacent to an activating group) is 1. The summed E-state index contributed by atoms with van der Waals surface area (Å²) in [5.74, 6) is -2.83. The molecule has 110 valence electrons. The predicted molar refractivity (Wildman–Crippen MR) is 71.5 cm³/mol. The number of rotatable bonds is 5. The third-order valence-corrected chi connectivity index (χ3v) is 2.65. The summed E-state index contributed by atoms with van der Waals surface area (Å²) in [4.78, 5) is 23.1. The van der Waals surface area contributed by atoms with Crippen molar-refractivity contribution in [2.45, 2.75) is 19.9 Å². The molecular formula is C13H17F2N3O2. The van der Waals surface area contributed by atoms with Crippen molar-refractivity contribution < 1.29 is 18.4 Å². The fourth-order valence-electron chi connectivity index (χ4n) is 1.61. The van der Waals surface area contributed by atoms with E-state index in [9.17, 15) is 18.4 Å². The number of amides is 2. The van der Waals surface area contributed by atoms with Crippen molar-refractivity contribution in [1.82, 2.24) is 10.6 Å². The van der Waals surface area contributed by atoms with Crippen molar-refractivity contribution in [3.8, 4) is 0 Å². The Morgan fingerprint density at radius 1 is 1.25 bits per heavy atom. The van der Waals surface area contributed by atoms with E-state index in [1.165, 1.54) is 14.0 Å². The number of anilines is 1. The van der Waals surface area contributed by atoms with Gasteiger partial charge in [-0.25, -0.2) is 8.78 Å². The Bertz CT molecular complexity index is 497. The van der Waals surface area contributed by atoms with Gasteiger partial charge in [-0.3, -0.25) is 9.59 Å². The molecule has 0 aromatic heterocycles. The van der Waals surface area contributed by atoms with Gasteiger partial charge in [-0.1, -0.05) is 0 Å². The van der Waals surface area contributed by atoms with Crippen molar-refractivity contribution in [3.05, 3.63) is 29.3 Å². The van der Waals surface area contributed by atoms with Crippen LogP contribution in [-0.2, 0) is 4.79 Å². The number of carbonyl (C=O) groups is 2. The van der Waals surface area contributed by atoms with Crippen LogP contribution in [0.2, 0.25) is 0 Å².